The van der Waals surface area contributed by atoms with Gasteiger partial charge in [-0.15, -0.1) is 0 Å². The van der Waals surface area contributed by atoms with Crippen LogP contribution < -0.4 is 5.32 Å². The first-order chi connectivity index (χ1) is 10.1. The van der Waals surface area contributed by atoms with Crippen LogP contribution in [0.1, 0.15) is 45.4 Å². The lowest BCUT2D eigenvalue weighted by molar-refractivity contribution is -0.133. The van der Waals surface area contributed by atoms with Gasteiger partial charge in [0.25, 0.3) is 0 Å². The molecular weight excluding hydrogens is 262 g/mol. The Morgan fingerprint density at radius 2 is 1.81 bits per heavy atom. The maximum Gasteiger partial charge on any atom is 0.225 e. The molecule has 0 radical (unpaired) electrons. The molecule has 3 fully saturated rings. The number of amides is 1. The SMILES string of the molecule is CC(NC1CCN(C(=O)C2CC2)CC1)C1CCCN(C)C1. The fourth-order valence-electron chi connectivity index (χ4n) is 3.98. The Hall–Kier alpha value is -0.610. The van der Waals surface area contributed by atoms with Gasteiger partial charge in [0.15, 0.2) is 0 Å². The van der Waals surface area contributed by atoms with Gasteiger partial charge >= 0.3 is 0 Å². The molecule has 120 valence electrons. The predicted molar refractivity (Wildman–Crippen MR) is 85.1 cm³/mol. The van der Waals surface area contributed by atoms with Gasteiger partial charge < -0.3 is 15.1 Å². The molecule has 3 rings (SSSR count). The minimum Gasteiger partial charge on any atom is -0.342 e. The highest BCUT2D eigenvalue weighted by Crippen LogP contribution is 2.32. The molecule has 2 heterocycles. The van der Waals surface area contributed by atoms with Crippen molar-refractivity contribution in [2.45, 2.75) is 57.5 Å². The molecule has 0 aromatic carbocycles. The number of nitrogens with zero attached hydrogens (tertiary/aromatic N) is 2. The second-order valence-electron chi connectivity index (χ2n) is 7.49. The van der Waals surface area contributed by atoms with Gasteiger partial charge in [-0.2, -0.15) is 0 Å². The maximum atomic E-state index is 12.1. The Morgan fingerprint density at radius 3 is 2.43 bits per heavy atom. The van der Waals surface area contributed by atoms with E-state index in [0.717, 1.165) is 44.7 Å². The third-order valence-corrected chi connectivity index (χ3v) is 5.60. The molecule has 1 N–H and O–H groups in total. The Morgan fingerprint density at radius 1 is 1.10 bits per heavy atom. The van der Waals surface area contributed by atoms with E-state index in [1.807, 2.05) is 0 Å². The normalized spacial score (nSPS) is 30.4. The van der Waals surface area contributed by atoms with E-state index in [1.165, 1.54) is 25.9 Å². The van der Waals surface area contributed by atoms with Crippen LogP contribution in [-0.2, 0) is 4.79 Å². The minimum absolute atomic E-state index is 0.381. The lowest BCUT2D eigenvalue weighted by Crippen LogP contribution is -2.51. The third kappa shape index (κ3) is 3.98. The van der Waals surface area contributed by atoms with Crippen molar-refractivity contribution in [2.24, 2.45) is 11.8 Å². The number of piperidine rings is 2. The van der Waals surface area contributed by atoms with Crippen molar-refractivity contribution in [3.05, 3.63) is 0 Å². The fraction of sp³-hybridized carbons (Fsp3) is 0.941. The molecule has 1 amide bonds. The highest BCUT2D eigenvalue weighted by Gasteiger charge is 2.35. The molecular formula is C17H31N3O. The van der Waals surface area contributed by atoms with Gasteiger partial charge in [0.2, 0.25) is 5.91 Å². The minimum atomic E-state index is 0.381. The first-order valence-corrected chi connectivity index (χ1v) is 8.87. The summed E-state index contributed by atoms with van der Waals surface area (Å²) in [6.07, 6.45) is 7.21. The van der Waals surface area contributed by atoms with Crippen LogP contribution in [0.4, 0.5) is 0 Å². The first-order valence-electron chi connectivity index (χ1n) is 8.87. The number of hydrogen-bond donors (Lipinski definition) is 1. The number of nitrogens with one attached hydrogen (secondary N) is 1. The summed E-state index contributed by atoms with van der Waals surface area (Å²) in [4.78, 5) is 16.6. The van der Waals surface area contributed by atoms with Crippen molar-refractivity contribution >= 4 is 5.91 Å². The van der Waals surface area contributed by atoms with Gasteiger partial charge in [-0.3, -0.25) is 4.79 Å². The quantitative estimate of drug-likeness (QED) is 0.857. The van der Waals surface area contributed by atoms with Gasteiger partial charge in [-0.05, 0) is 65.0 Å². The van der Waals surface area contributed by atoms with E-state index in [9.17, 15) is 4.79 Å². The van der Waals surface area contributed by atoms with Crippen LogP contribution in [0.25, 0.3) is 0 Å². The Balaban J connectivity index is 1.41. The third-order valence-electron chi connectivity index (χ3n) is 5.60. The molecule has 21 heavy (non-hydrogen) atoms. The van der Waals surface area contributed by atoms with E-state index < -0.39 is 0 Å². The van der Waals surface area contributed by atoms with Crippen LogP contribution in [0, 0.1) is 11.8 Å². The van der Waals surface area contributed by atoms with E-state index in [2.05, 4.69) is 29.1 Å². The molecule has 4 heteroatoms. The summed E-state index contributed by atoms with van der Waals surface area (Å²) in [5, 5.41) is 3.85. The predicted octanol–water partition coefficient (Wildman–Crippen LogP) is 1.71. The zero-order valence-electron chi connectivity index (χ0n) is 13.7. The number of hydrogen-bond acceptors (Lipinski definition) is 3. The van der Waals surface area contributed by atoms with Crippen molar-refractivity contribution in [3.63, 3.8) is 0 Å². The standard InChI is InChI=1S/C17H31N3O/c1-13(15-4-3-9-19(2)12-15)18-16-7-10-20(11-8-16)17(21)14-5-6-14/h13-16,18H,3-12H2,1-2H3. The molecule has 1 aliphatic carbocycles. The molecule has 0 bridgehead atoms. The summed E-state index contributed by atoms with van der Waals surface area (Å²) < 4.78 is 0. The van der Waals surface area contributed by atoms with Crippen LogP contribution in [0.15, 0.2) is 0 Å². The number of carbonyl (C=O) groups is 1. The molecule has 2 aliphatic heterocycles. The van der Waals surface area contributed by atoms with E-state index in [4.69, 9.17) is 0 Å². The van der Waals surface area contributed by atoms with Crippen molar-refractivity contribution < 1.29 is 4.79 Å². The molecule has 3 aliphatic rings. The average molecular weight is 293 g/mol. The van der Waals surface area contributed by atoms with E-state index in [-0.39, 0.29) is 0 Å². The zero-order chi connectivity index (χ0) is 14.8. The van der Waals surface area contributed by atoms with Crippen molar-refractivity contribution in [2.75, 3.05) is 33.2 Å². The van der Waals surface area contributed by atoms with Crippen molar-refractivity contribution in [1.29, 1.82) is 0 Å². The van der Waals surface area contributed by atoms with E-state index in [0.29, 0.717) is 23.9 Å². The Labute approximate surface area is 129 Å². The molecule has 0 aromatic rings. The molecule has 2 saturated heterocycles. The second-order valence-corrected chi connectivity index (χ2v) is 7.49. The highest BCUT2D eigenvalue weighted by atomic mass is 16.2. The van der Waals surface area contributed by atoms with Crippen LogP contribution in [0.3, 0.4) is 0 Å². The zero-order valence-corrected chi connectivity index (χ0v) is 13.7. The molecule has 0 aromatic heterocycles. The largest absolute Gasteiger partial charge is 0.342 e. The van der Waals surface area contributed by atoms with Crippen molar-refractivity contribution in [3.8, 4) is 0 Å². The van der Waals surface area contributed by atoms with Gasteiger partial charge in [0.05, 0.1) is 0 Å². The first kappa shape index (κ1) is 15.3. The molecule has 0 spiro atoms. The summed E-state index contributed by atoms with van der Waals surface area (Å²) in [6.45, 7) is 6.76. The summed E-state index contributed by atoms with van der Waals surface area (Å²) >= 11 is 0. The second kappa shape index (κ2) is 6.66. The van der Waals surface area contributed by atoms with Gasteiger partial charge in [-0.1, -0.05) is 0 Å². The van der Waals surface area contributed by atoms with Crippen LogP contribution >= 0.6 is 0 Å². The summed E-state index contributed by atoms with van der Waals surface area (Å²) in [5.41, 5.74) is 0. The van der Waals surface area contributed by atoms with Gasteiger partial charge in [0, 0.05) is 37.6 Å². The van der Waals surface area contributed by atoms with Crippen LogP contribution in [0.2, 0.25) is 0 Å². The molecule has 1 saturated carbocycles. The van der Waals surface area contributed by atoms with Crippen molar-refractivity contribution in [1.82, 2.24) is 15.1 Å². The fourth-order valence-corrected chi connectivity index (χ4v) is 3.98. The molecule has 4 nitrogen and oxygen atoms in total. The summed E-state index contributed by atoms with van der Waals surface area (Å²) in [6, 6.07) is 1.21. The topological polar surface area (TPSA) is 35.6 Å². The van der Waals surface area contributed by atoms with Gasteiger partial charge in [-0.25, -0.2) is 0 Å². The average Bonchev–Trinajstić information content (AvgIpc) is 3.32. The number of rotatable bonds is 4. The van der Waals surface area contributed by atoms with Crippen LogP contribution in [0.5, 0.6) is 0 Å². The monoisotopic (exact) mass is 293 g/mol. The molecule has 2 unspecified atom stereocenters. The molecule has 2 atom stereocenters. The lowest BCUT2D eigenvalue weighted by Gasteiger charge is -2.38. The number of carbonyl (C=O) groups excluding carboxylic acids is 1. The van der Waals surface area contributed by atoms with E-state index in [1.54, 1.807) is 0 Å². The Kier molecular flexibility index (Phi) is 4.85. The summed E-state index contributed by atoms with van der Waals surface area (Å²) in [7, 11) is 2.24. The van der Waals surface area contributed by atoms with Gasteiger partial charge in [0.1, 0.15) is 0 Å². The highest BCUT2D eigenvalue weighted by molar-refractivity contribution is 5.81. The smallest absolute Gasteiger partial charge is 0.225 e. The van der Waals surface area contributed by atoms with Crippen LogP contribution in [-0.4, -0.2) is 61.0 Å². The summed E-state index contributed by atoms with van der Waals surface area (Å²) in [5.74, 6) is 1.59. The Bertz CT molecular complexity index is 361. The number of likely N-dealkylation sites (tertiary alicyclic amines) is 2. The van der Waals surface area contributed by atoms with E-state index >= 15 is 0 Å². The lowest BCUT2D eigenvalue weighted by atomic mass is 9.90. The maximum absolute atomic E-state index is 12.1.